The van der Waals surface area contributed by atoms with Gasteiger partial charge in [-0.05, 0) is 38.2 Å². The first kappa shape index (κ1) is 13.0. The molecule has 2 aliphatic rings. The molecule has 1 aliphatic heterocycles. The fourth-order valence-corrected chi connectivity index (χ4v) is 4.31. The van der Waals surface area contributed by atoms with Crippen LogP contribution in [0.1, 0.15) is 29.8 Å². The van der Waals surface area contributed by atoms with Crippen LogP contribution >= 0.6 is 11.3 Å². The molecule has 0 spiro atoms. The van der Waals surface area contributed by atoms with Crippen LogP contribution in [0.2, 0.25) is 0 Å². The van der Waals surface area contributed by atoms with E-state index in [0.717, 1.165) is 31.7 Å². The van der Waals surface area contributed by atoms with E-state index in [9.17, 15) is 0 Å². The third-order valence-electron chi connectivity index (χ3n) is 4.28. The highest BCUT2D eigenvalue weighted by Gasteiger charge is 2.24. The van der Waals surface area contributed by atoms with Crippen molar-refractivity contribution >= 4 is 22.3 Å². The summed E-state index contributed by atoms with van der Waals surface area (Å²) in [4.78, 5) is 17.0. The van der Waals surface area contributed by atoms with Gasteiger partial charge in [-0.25, -0.2) is 15.0 Å². The third kappa shape index (κ3) is 2.72. The first-order valence-electron chi connectivity index (χ1n) is 7.64. The number of fused-ring (bicyclic) bond motifs is 1. The van der Waals surface area contributed by atoms with Crippen LogP contribution in [-0.4, -0.2) is 34.1 Å². The predicted molar refractivity (Wildman–Crippen MR) is 85.0 cm³/mol. The summed E-state index contributed by atoms with van der Waals surface area (Å²) in [6, 6.07) is 2.43. The zero-order chi connectivity index (χ0) is 14.1. The van der Waals surface area contributed by atoms with Crippen LogP contribution in [0.25, 0.3) is 0 Å². The predicted octanol–water partition coefficient (Wildman–Crippen LogP) is 2.50. The van der Waals surface area contributed by atoms with E-state index in [0.29, 0.717) is 6.04 Å². The lowest BCUT2D eigenvalue weighted by atomic mass is 10.1. The van der Waals surface area contributed by atoms with E-state index < -0.39 is 0 Å². The summed E-state index contributed by atoms with van der Waals surface area (Å²) < 4.78 is 0. The number of nitrogens with zero attached hydrogens (tertiary/aromatic N) is 4. The van der Waals surface area contributed by atoms with Gasteiger partial charge in [-0.2, -0.15) is 0 Å². The molecule has 0 atom stereocenters. The quantitative estimate of drug-likeness (QED) is 0.944. The smallest absolute Gasteiger partial charge is 0.185 e. The summed E-state index contributed by atoms with van der Waals surface area (Å²) >= 11 is 1.91. The van der Waals surface area contributed by atoms with Crippen LogP contribution in [0.15, 0.2) is 18.6 Å². The second kappa shape index (κ2) is 5.60. The molecule has 1 fully saturated rings. The van der Waals surface area contributed by atoms with E-state index in [1.165, 1.54) is 35.0 Å². The average molecular weight is 301 g/mol. The minimum absolute atomic E-state index is 0.503. The number of nitrogens with one attached hydrogen (secondary N) is 1. The third-order valence-corrected chi connectivity index (χ3v) is 5.50. The van der Waals surface area contributed by atoms with Crippen molar-refractivity contribution in [2.24, 2.45) is 0 Å². The number of aromatic nitrogens is 3. The van der Waals surface area contributed by atoms with Crippen molar-refractivity contribution in [3.63, 3.8) is 0 Å². The Morgan fingerprint density at radius 2 is 2.14 bits per heavy atom. The number of piperidine rings is 1. The van der Waals surface area contributed by atoms with Gasteiger partial charge in [0.2, 0.25) is 0 Å². The zero-order valence-electron chi connectivity index (χ0n) is 12.0. The molecule has 0 amide bonds. The summed E-state index contributed by atoms with van der Waals surface area (Å²) in [5.74, 6) is 0.927. The normalized spacial score (nSPS) is 18.8. The average Bonchev–Trinajstić information content (AvgIpc) is 3.10. The molecule has 1 N–H and O–H groups in total. The number of hydrogen-bond donors (Lipinski definition) is 1. The minimum atomic E-state index is 0.503. The summed E-state index contributed by atoms with van der Waals surface area (Å²) in [6.07, 6.45) is 9.34. The number of hydrogen-bond acceptors (Lipinski definition) is 6. The van der Waals surface area contributed by atoms with Gasteiger partial charge in [-0.3, -0.25) is 0 Å². The monoisotopic (exact) mass is 301 g/mol. The van der Waals surface area contributed by atoms with Crippen molar-refractivity contribution in [2.45, 2.75) is 38.1 Å². The highest BCUT2D eigenvalue weighted by atomic mass is 32.1. The van der Waals surface area contributed by atoms with Crippen LogP contribution < -0.4 is 10.2 Å². The number of thiazole rings is 1. The maximum Gasteiger partial charge on any atom is 0.185 e. The molecule has 0 saturated carbocycles. The van der Waals surface area contributed by atoms with Crippen molar-refractivity contribution < 1.29 is 0 Å². The van der Waals surface area contributed by atoms with Gasteiger partial charge in [-0.1, -0.05) is 0 Å². The second-order valence-corrected chi connectivity index (χ2v) is 6.78. The molecular formula is C15H19N5S. The molecule has 21 heavy (non-hydrogen) atoms. The topological polar surface area (TPSA) is 53.9 Å². The SMILES string of the molecule is c1cc(NC2CCN(c3nc4c(s3)CCC4)CC2)ncn1. The molecule has 0 radical (unpaired) electrons. The van der Waals surface area contributed by atoms with E-state index in [4.69, 9.17) is 4.98 Å². The number of anilines is 2. The lowest BCUT2D eigenvalue weighted by molar-refractivity contribution is 0.524. The largest absolute Gasteiger partial charge is 0.367 e. The van der Waals surface area contributed by atoms with E-state index >= 15 is 0 Å². The van der Waals surface area contributed by atoms with Gasteiger partial charge in [0.1, 0.15) is 12.1 Å². The summed E-state index contributed by atoms with van der Waals surface area (Å²) in [5.41, 5.74) is 1.36. The Morgan fingerprint density at radius 1 is 1.24 bits per heavy atom. The van der Waals surface area contributed by atoms with Crippen molar-refractivity contribution in [3.05, 3.63) is 29.2 Å². The molecule has 5 nitrogen and oxygen atoms in total. The van der Waals surface area contributed by atoms with Crippen molar-refractivity contribution in [1.82, 2.24) is 15.0 Å². The molecule has 2 aromatic heterocycles. The molecule has 0 unspecified atom stereocenters. The fraction of sp³-hybridized carbons (Fsp3) is 0.533. The van der Waals surface area contributed by atoms with Crippen LogP contribution in [0.4, 0.5) is 10.9 Å². The van der Waals surface area contributed by atoms with Crippen LogP contribution in [0, 0.1) is 0 Å². The Morgan fingerprint density at radius 3 is 2.90 bits per heavy atom. The Balaban J connectivity index is 1.36. The van der Waals surface area contributed by atoms with Gasteiger partial charge in [0, 0.05) is 30.2 Å². The summed E-state index contributed by atoms with van der Waals surface area (Å²) in [5, 5.41) is 4.73. The molecule has 0 bridgehead atoms. The molecular weight excluding hydrogens is 282 g/mol. The highest BCUT2D eigenvalue weighted by Crippen LogP contribution is 2.33. The van der Waals surface area contributed by atoms with E-state index in [1.54, 1.807) is 12.5 Å². The Bertz CT molecular complexity index is 582. The van der Waals surface area contributed by atoms with Gasteiger partial charge in [0.25, 0.3) is 0 Å². The van der Waals surface area contributed by atoms with Gasteiger partial charge in [0.15, 0.2) is 5.13 Å². The van der Waals surface area contributed by atoms with Crippen molar-refractivity contribution in [3.8, 4) is 0 Å². The lowest BCUT2D eigenvalue weighted by Gasteiger charge is -2.32. The summed E-state index contributed by atoms with van der Waals surface area (Å²) in [7, 11) is 0. The molecule has 1 aliphatic carbocycles. The summed E-state index contributed by atoms with van der Waals surface area (Å²) in [6.45, 7) is 2.16. The molecule has 4 rings (SSSR count). The fourth-order valence-electron chi connectivity index (χ4n) is 3.11. The standard InChI is InChI=1S/C15H19N5S/c1-2-12-13(3-1)21-15(19-12)20-8-5-11(6-9-20)18-14-4-7-16-10-17-14/h4,7,10-11H,1-3,5-6,8-9H2,(H,16,17,18). The van der Waals surface area contributed by atoms with E-state index in [1.807, 2.05) is 17.4 Å². The maximum absolute atomic E-state index is 4.83. The van der Waals surface area contributed by atoms with E-state index in [-0.39, 0.29) is 0 Å². The lowest BCUT2D eigenvalue weighted by Crippen LogP contribution is -2.39. The van der Waals surface area contributed by atoms with Crippen LogP contribution in [0.3, 0.4) is 0 Å². The molecule has 1 saturated heterocycles. The van der Waals surface area contributed by atoms with Gasteiger partial charge in [-0.15, -0.1) is 11.3 Å². The number of aryl methyl sites for hydroxylation is 2. The Kier molecular flexibility index (Phi) is 3.47. The Hall–Kier alpha value is -1.69. The molecule has 2 aromatic rings. The first-order chi connectivity index (χ1) is 10.4. The molecule has 3 heterocycles. The molecule has 0 aromatic carbocycles. The first-order valence-corrected chi connectivity index (χ1v) is 8.46. The van der Waals surface area contributed by atoms with Crippen LogP contribution in [0.5, 0.6) is 0 Å². The van der Waals surface area contributed by atoms with Gasteiger partial charge >= 0.3 is 0 Å². The number of rotatable bonds is 3. The second-order valence-electron chi connectivity index (χ2n) is 5.72. The van der Waals surface area contributed by atoms with Crippen molar-refractivity contribution in [1.29, 1.82) is 0 Å². The Labute approximate surface area is 128 Å². The molecule has 6 heteroatoms. The van der Waals surface area contributed by atoms with E-state index in [2.05, 4.69) is 20.2 Å². The van der Waals surface area contributed by atoms with Crippen molar-refractivity contribution in [2.75, 3.05) is 23.3 Å². The van der Waals surface area contributed by atoms with Crippen LogP contribution in [-0.2, 0) is 12.8 Å². The minimum Gasteiger partial charge on any atom is -0.367 e. The zero-order valence-corrected chi connectivity index (χ0v) is 12.8. The van der Waals surface area contributed by atoms with Gasteiger partial charge in [0.05, 0.1) is 5.69 Å². The van der Waals surface area contributed by atoms with Gasteiger partial charge < -0.3 is 10.2 Å². The highest BCUT2D eigenvalue weighted by molar-refractivity contribution is 7.15. The molecule has 110 valence electrons. The maximum atomic E-state index is 4.83.